The first-order valence-corrected chi connectivity index (χ1v) is 9.68. The average Bonchev–Trinajstić information content (AvgIpc) is 2.86. The van der Waals surface area contributed by atoms with Gasteiger partial charge < -0.3 is 0 Å². The fourth-order valence-electron chi connectivity index (χ4n) is 6.02. The first-order chi connectivity index (χ1) is 12.4. The second-order valence-corrected chi connectivity index (χ2v) is 8.86. The molecule has 0 radical (unpaired) electrons. The zero-order valence-corrected chi connectivity index (χ0v) is 14.8. The topological polar surface area (TPSA) is 0 Å². The average molecular weight is 362 g/mol. The molecule has 5 rings (SSSR count). The van der Waals surface area contributed by atoms with Crippen LogP contribution in [0.5, 0.6) is 0 Å². The Bertz CT molecular complexity index is 849. The summed E-state index contributed by atoms with van der Waals surface area (Å²) in [6.07, 6.45) is 6.60. The van der Waals surface area contributed by atoms with E-state index in [1.807, 2.05) is 0 Å². The largest absolute Gasteiger partial charge is 0.207 e. The van der Waals surface area contributed by atoms with Crippen molar-refractivity contribution in [2.75, 3.05) is 0 Å². The molecule has 0 saturated heterocycles. The van der Waals surface area contributed by atoms with Crippen LogP contribution in [0.2, 0.25) is 0 Å². The Morgan fingerprint density at radius 1 is 0.923 bits per heavy atom. The van der Waals surface area contributed by atoms with Gasteiger partial charge in [-0.1, -0.05) is 19.4 Å². The van der Waals surface area contributed by atoms with Crippen LogP contribution in [-0.2, 0) is 6.42 Å². The minimum Gasteiger partial charge on any atom is -0.207 e. The Labute approximate surface area is 151 Å². The van der Waals surface area contributed by atoms with E-state index in [4.69, 9.17) is 0 Å². The van der Waals surface area contributed by atoms with Gasteiger partial charge in [-0.25, -0.2) is 17.6 Å². The molecule has 1 atom stereocenters. The standard InChI is InChI=1S/C22H22F4/c1-2-11-7-22(8-11)9-14(10-22)15-6-13-5-12-3-4-16(23)20(25)17(12)21(26)18(13)19(15)24/h3-4,11,13-14H,2,5-10H2,1H3. The van der Waals surface area contributed by atoms with Gasteiger partial charge in [0.2, 0.25) is 0 Å². The van der Waals surface area contributed by atoms with Crippen LogP contribution in [-0.4, -0.2) is 0 Å². The van der Waals surface area contributed by atoms with Crippen molar-refractivity contribution in [1.82, 2.24) is 0 Å². The van der Waals surface area contributed by atoms with Gasteiger partial charge in [-0.05, 0) is 78.9 Å². The molecule has 26 heavy (non-hydrogen) atoms. The highest BCUT2D eigenvalue weighted by Gasteiger charge is 2.54. The van der Waals surface area contributed by atoms with E-state index >= 15 is 4.39 Å². The third kappa shape index (κ3) is 2.13. The molecule has 1 aromatic rings. The molecule has 1 unspecified atom stereocenters. The summed E-state index contributed by atoms with van der Waals surface area (Å²) in [5, 5.41) is 0. The maximum atomic E-state index is 15.1. The Morgan fingerprint density at radius 3 is 2.35 bits per heavy atom. The normalized spacial score (nSPS) is 35.3. The highest BCUT2D eigenvalue weighted by Crippen LogP contribution is 2.65. The maximum Gasteiger partial charge on any atom is 0.169 e. The molecule has 0 aliphatic heterocycles. The molecule has 0 amide bonds. The summed E-state index contributed by atoms with van der Waals surface area (Å²) in [4.78, 5) is 0. The van der Waals surface area contributed by atoms with Crippen molar-refractivity contribution in [1.29, 1.82) is 0 Å². The first kappa shape index (κ1) is 16.6. The number of hydrogen-bond acceptors (Lipinski definition) is 0. The van der Waals surface area contributed by atoms with Crippen LogP contribution in [0.1, 0.15) is 56.6 Å². The smallest absolute Gasteiger partial charge is 0.169 e. The van der Waals surface area contributed by atoms with E-state index in [2.05, 4.69) is 6.92 Å². The third-order valence-electron chi connectivity index (χ3n) is 7.37. The van der Waals surface area contributed by atoms with E-state index in [1.165, 1.54) is 25.3 Å². The fourth-order valence-corrected chi connectivity index (χ4v) is 6.02. The maximum absolute atomic E-state index is 15.1. The number of halogens is 4. The van der Waals surface area contributed by atoms with E-state index < -0.39 is 23.3 Å². The van der Waals surface area contributed by atoms with Gasteiger partial charge >= 0.3 is 0 Å². The van der Waals surface area contributed by atoms with Crippen LogP contribution in [0.4, 0.5) is 17.6 Å². The number of hydrogen-bond donors (Lipinski definition) is 0. The highest BCUT2D eigenvalue weighted by atomic mass is 19.2. The lowest BCUT2D eigenvalue weighted by molar-refractivity contribution is -0.0580. The van der Waals surface area contributed by atoms with Crippen molar-refractivity contribution < 1.29 is 17.6 Å². The summed E-state index contributed by atoms with van der Waals surface area (Å²) in [6.45, 7) is 2.21. The molecule has 0 heterocycles. The van der Waals surface area contributed by atoms with Gasteiger partial charge in [-0.15, -0.1) is 0 Å². The molecule has 2 fully saturated rings. The van der Waals surface area contributed by atoms with Crippen molar-refractivity contribution in [3.05, 3.63) is 51.9 Å². The van der Waals surface area contributed by atoms with Crippen molar-refractivity contribution in [3.63, 3.8) is 0 Å². The number of rotatable bonds is 2. The Balaban J connectivity index is 1.44. The lowest BCUT2D eigenvalue weighted by Crippen LogP contribution is -2.47. The molecule has 0 aromatic heterocycles. The highest BCUT2D eigenvalue weighted by molar-refractivity contribution is 5.74. The van der Waals surface area contributed by atoms with Crippen molar-refractivity contribution in [3.8, 4) is 0 Å². The zero-order chi connectivity index (χ0) is 18.2. The van der Waals surface area contributed by atoms with Gasteiger partial charge in [0.25, 0.3) is 0 Å². The summed E-state index contributed by atoms with van der Waals surface area (Å²) >= 11 is 0. The lowest BCUT2D eigenvalue weighted by Gasteiger charge is -2.58. The lowest BCUT2D eigenvalue weighted by atomic mass is 9.46. The van der Waals surface area contributed by atoms with Gasteiger partial charge in [-0.2, -0.15) is 0 Å². The Morgan fingerprint density at radius 2 is 1.65 bits per heavy atom. The van der Waals surface area contributed by atoms with Gasteiger partial charge in [-0.3, -0.25) is 0 Å². The third-order valence-corrected chi connectivity index (χ3v) is 7.37. The van der Waals surface area contributed by atoms with Crippen molar-refractivity contribution in [2.24, 2.45) is 23.2 Å². The Kier molecular flexibility index (Phi) is 3.48. The summed E-state index contributed by atoms with van der Waals surface area (Å²) in [6, 6.07) is 2.46. The molecular weight excluding hydrogens is 340 g/mol. The van der Waals surface area contributed by atoms with Gasteiger partial charge in [0.05, 0.1) is 5.56 Å². The monoisotopic (exact) mass is 362 g/mol. The second kappa shape index (κ2) is 5.46. The molecule has 1 spiro atoms. The van der Waals surface area contributed by atoms with Gasteiger partial charge in [0, 0.05) is 5.57 Å². The molecule has 1 aromatic carbocycles. The number of benzene rings is 1. The molecule has 0 N–H and O–H groups in total. The van der Waals surface area contributed by atoms with Crippen LogP contribution >= 0.6 is 0 Å². The van der Waals surface area contributed by atoms with E-state index in [0.29, 0.717) is 23.8 Å². The van der Waals surface area contributed by atoms with Gasteiger partial charge in [0.15, 0.2) is 11.6 Å². The van der Waals surface area contributed by atoms with Crippen LogP contribution < -0.4 is 0 Å². The summed E-state index contributed by atoms with van der Waals surface area (Å²) < 4.78 is 57.6. The SMILES string of the molecule is CCC1CC2(C1)CC(C1=C(F)C3=C(F)c4c(ccc(F)c4F)CC3C1)C2. The molecule has 138 valence electrons. The fraction of sp³-hybridized carbons (Fsp3) is 0.545. The molecule has 4 heteroatoms. The van der Waals surface area contributed by atoms with E-state index in [0.717, 1.165) is 30.4 Å². The predicted octanol–water partition coefficient (Wildman–Crippen LogP) is 6.66. The van der Waals surface area contributed by atoms with E-state index in [-0.39, 0.29) is 23.0 Å². The summed E-state index contributed by atoms with van der Waals surface area (Å²) in [5.74, 6) is -2.93. The quantitative estimate of drug-likeness (QED) is 0.516. The van der Waals surface area contributed by atoms with Crippen LogP contribution in [0.15, 0.2) is 29.1 Å². The molecule has 4 aliphatic carbocycles. The first-order valence-electron chi connectivity index (χ1n) is 9.68. The van der Waals surface area contributed by atoms with E-state index in [9.17, 15) is 13.2 Å². The summed E-state index contributed by atoms with van der Waals surface area (Å²) in [5.41, 5.74) is 1.18. The Hall–Kier alpha value is -1.58. The van der Waals surface area contributed by atoms with E-state index in [1.54, 1.807) is 0 Å². The minimum absolute atomic E-state index is 0.0157. The molecule has 0 bridgehead atoms. The van der Waals surface area contributed by atoms with Crippen molar-refractivity contribution in [2.45, 2.75) is 51.9 Å². The summed E-state index contributed by atoms with van der Waals surface area (Å²) in [7, 11) is 0. The zero-order valence-electron chi connectivity index (χ0n) is 14.8. The molecular formula is C22H22F4. The number of allylic oxidation sites excluding steroid dienone is 3. The van der Waals surface area contributed by atoms with Crippen LogP contribution in [0.3, 0.4) is 0 Å². The van der Waals surface area contributed by atoms with Crippen molar-refractivity contribution >= 4 is 5.83 Å². The number of fused-ring (bicyclic) bond motifs is 2. The predicted molar refractivity (Wildman–Crippen MR) is 92.5 cm³/mol. The molecule has 2 saturated carbocycles. The minimum atomic E-state index is -1.20. The van der Waals surface area contributed by atoms with Gasteiger partial charge in [0.1, 0.15) is 11.7 Å². The van der Waals surface area contributed by atoms with Crippen LogP contribution in [0, 0.1) is 34.8 Å². The molecule has 4 aliphatic rings. The second-order valence-electron chi connectivity index (χ2n) is 8.86. The van der Waals surface area contributed by atoms with Crippen LogP contribution in [0.25, 0.3) is 5.83 Å². The molecule has 0 nitrogen and oxygen atoms in total.